The first-order valence-corrected chi connectivity index (χ1v) is 9.26. The van der Waals surface area contributed by atoms with Crippen LogP contribution in [0.25, 0.3) is 0 Å². The number of carbonyl (C=O) groups is 1. The number of fused-ring (bicyclic) bond motifs is 1. The van der Waals surface area contributed by atoms with Crippen molar-refractivity contribution in [2.75, 3.05) is 44.8 Å². The molecule has 0 radical (unpaired) electrons. The molecule has 1 fully saturated rings. The van der Waals surface area contributed by atoms with Crippen molar-refractivity contribution in [2.24, 2.45) is 0 Å². The number of anilines is 1. The van der Waals surface area contributed by atoms with Crippen LogP contribution in [0.5, 0.6) is 11.5 Å². The van der Waals surface area contributed by atoms with Crippen LogP contribution in [0.1, 0.15) is 5.56 Å². The lowest BCUT2D eigenvalue weighted by molar-refractivity contribution is -0.117. The first-order chi connectivity index (χ1) is 14.0. The fraction of sp³-hybridized carbons (Fsp3) is 0.350. The van der Waals surface area contributed by atoms with E-state index in [1.807, 2.05) is 23.1 Å². The Kier molecular flexibility index (Phi) is 5.59. The van der Waals surface area contributed by atoms with Crippen molar-refractivity contribution in [2.45, 2.75) is 6.54 Å². The molecule has 0 atom stereocenters. The maximum Gasteiger partial charge on any atom is 0.238 e. The van der Waals surface area contributed by atoms with Gasteiger partial charge in [-0.2, -0.15) is 0 Å². The second kappa shape index (κ2) is 8.30. The van der Waals surface area contributed by atoms with Crippen molar-refractivity contribution in [3.63, 3.8) is 0 Å². The maximum absolute atomic E-state index is 13.7. The zero-order valence-electron chi connectivity index (χ0n) is 15.6. The molecule has 0 bridgehead atoms. The van der Waals surface area contributed by atoms with Gasteiger partial charge >= 0.3 is 0 Å². The zero-order valence-corrected chi connectivity index (χ0v) is 15.6. The Hall–Kier alpha value is -2.78. The van der Waals surface area contributed by atoms with Crippen molar-refractivity contribution >= 4 is 11.6 Å². The third-order valence-corrected chi connectivity index (χ3v) is 4.98. The van der Waals surface area contributed by atoms with E-state index in [2.05, 4.69) is 10.2 Å². The molecule has 0 spiro atoms. The van der Waals surface area contributed by atoms with Gasteiger partial charge in [-0.15, -0.1) is 0 Å². The van der Waals surface area contributed by atoms with Gasteiger partial charge in [-0.25, -0.2) is 13.2 Å². The molecule has 2 heterocycles. The number of hydrogen-bond acceptors (Lipinski definition) is 5. The molecule has 0 unspecified atom stereocenters. The van der Waals surface area contributed by atoms with Gasteiger partial charge < -0.3 is 14.8 Å². The van der Waals surface area contributed by atoms with E-state index < -0.39 is 23.4 Å². The number of rotatable bonds is 5. The van der Waals surface area contributed by atoms with Gasteiger partial charge in [-0.05, 0) is 29.8 Å². The number of benzene rings is 2. The minimum Gasteiger partial charge on any atom is -0.454 e. The molecule has 6 nitrogen and oxygen atoms in total. The largest absolute Gasteiger partial charge is 0.454 e. The maximum atomic E-state index is 13.7. The lowest BCUT2D eigenvalue weighted by atomic mass is 10.1. The van der Waals surface area contributed by atoms with Crippen LogP contribution in [0, 0.1) is 17.5 Å². The summed E-state index contributed by atoms with van der Waals surface area (Å²) < 4.78 is 50.6. The van der Waals surface area contributed by atoms with E-state index in [0.29, 0.717) is 13.1 Å². The molecule has 154 valence electrons. The number of amides is 1. The number of piperazine rings is 1. The Morgan fingerprint density at radius 1 is 0.931 bits per heavy atom. The summed E-state index contributed by atoms with van der Waals surface area (Å²) in [5.74, 6) is -3.26. The number of nitrogens with one attached hydrogen (secondary N) is 1. The Bertz CT molecular complexity index is 917. The highest BCUT2D eigenvalue weighted by Gasteiger charge is 2.21. The van der Waals surface area contributed by atoms with Crippen LogP contribution in [0.3, 0.4) is 0 Å². The summed E-state index contributed by atoms with van der Waals surface area (Å²) in [4.78, 5) is 16.3. The van der Waals surface area contributed by atoms with E-state index in [1.54, 1.807) is 0 Å². The topological polar surface area (TPSA) is 54.0 Å². The number of hydrogen-bond donors (Lipinski definition) is 1. The van der Waals surface area contributed by atoms with Gasteiger partial charge in [0.2, 0.25) is 12.7 Å². The molecular weight excluding hydrogens is 387 g/mol. The van der Waals surface area contributed by atoms with Crippen LogP contribution in [0.15, 0.2) is 30.3 Å². The van der Waals surface area contributed by atoms with Crippen molar-refractivity contribution < 1.29 is 27.4 Å². The molecule has 0 saturated carbocycles. The summed E-state index contributed by atoms with van der Waals surface area (Å²) in [7, 11) is 0. The molecule has 1 amide bonds. The predicted molar refractivity (Wildman–Crippen MR) is 99.2 cm³/mol. The minimum absolute atomic E-state index is 0.0519. The van der Waals surface area contributed by atoms with Gasteiger partial charge in [0.05, 0.1) is 12.2 Å². The van der Waals surface area contributed by atoms with Crippen LogP contribution in [0.2, 0.25) is 0 Å². The van der Waals surface area contributed by atoms with E-state index in [4.69, 9.17) is 9.47 Å². The van der Waals surface area contributed by atoms with Gasteiger partial charge in [-0.1, -0.05) is 6.07 Å². The molecule has 2 aliphatic heterocycles. The smallest absolute Gasteiger partial charge is 0.238 e. The molecule has 4 rings (SSSR count). The summed E-state index contributed by atoms with van der Waals surface area (Å²) in [6, 6.07) is 7.66. The van der Waals surface area contributed by atoms with Gasteiger partial charge in [0, 0.05) is 32.7 Å². The van der Waals surface area contributed by atoms with Gasteiger partial charge in [-0.3, -0.25) is 14.6 Å². The molecule has 9 heteroatoms. The second-order valence-corrected chi connectivity index (χ2v) is 7.01. The molecule has 1 N–H and O–H groups in total. The van der Waals surface area contributed by atoms with Crippen molar-refractivity contribution in [1.82, 2.24) is 9.80 Å². The molecule has 0 aliphatic carbocycles. The van der Waals surface area contributed by atoms with Crippen LogP contribution in [-0.2, 0) is 11.3 Å². The Morgan fingerprint density at radius 2 is 1.66 bits per heavy atom. The number of ether oxygens (including phenoxy) is 2. The summed E-state index contributed by atoms with van der Waals surface area (Å²) in [5, 5.41) is 2.30. The Balaban J connectivity index is 1.25. The Labute approximate surface area is 165 Å². The highest BCUT2D eigenvalue weighted by molar-refractivity contribution is 5.92. The summed E-state index contributed by atoms with van der Waals surface area (Å²) in [6.45, 7) is 3.92. The first-order valence-electron chi connectivity index (χ1n) is 9.26. The summed E-state index contributed by atoms with van der Waals surface area (Å²) >= 11 is 0. The lowest BCUT2D eigenvalue weighted by Gasteiger charge is -2.34. The Morgan fingerprint density at radius 3 is 2.45 bits per heavy atom. The highest BCUT2D eigenvalue weighted by Crippen LogP contribution is 2.32. The molecule has 2 aromatic rings. The molecule has 1 saturated heterocycles. The van der Waals surface area contributed by atoms with Gasteiger partial charge in [0.25, 0.3) is 0 Å². The third kappa shape index (κ3) is 4.46. The van der Waals surface area contributed by atoms with E-state index in [1.165, 1.54) is 0 Å². The van der Waals surface area contributed by atoms with E-state index in [0.717, 1.165) is 48.8 Å². The quantitative estimate of drug-likeness (QED) is 0.773. The third-order valence-electron chi connectivity index (χ3n) is 4.98. The lowest BCUT2D eigenvalue weighted by Crippen LogP contribution is -2.48. The minimum atomic E-state index is -1.60. The zero-order chi connectivity index (χ0) is 20.4. The van der Waals surface area contributed by atoms with Crippen LogP contribution in [-0.4, -0.2) is 55.2 Å². The molecular formula is C20H20F3N3O3. The number of carbonyl (C=O) groups excluding carboxylic acids is 1. The fourth-order valence-corrected chi connectivity index (χ4v) is 3.42. The molecule has 0 aromatic heterocycles. The second-order valence-electron chi connectivity index (χ2n) is 7.01. The predicted octanol–water partition coefficient (Wildman–Crippen LogP) is 2.59. The van der Waals surface area contributed by atoms with Gasteiger partial charge in [0.1, 0.15) is 0 Å². The summed E-state index contributed by atoms with van der Waals surface area (Å²) in [5.41, 5.74) is 0.754. The summed E-state index contributed by atoms with van der Waals surface area (Å²) in [6.07, 6.45) is 0. The number of halogens is 3. The normalized spacial score (nSPS) is 16.8. The fourth-order valence-electron chi connectivity index (χ4n) is 3.42. The van der Waals surface area contributed by atoms with E-state index >= 15 is 0 Å². The first kappa shape index (κ1) is 19.5. The molecule has 2 aromatic carbocycles. The standard InChI is InChI=1S/C20H20F3N3O3/c21-14-2-3-15(20(23)19(14)22)24-18(27)11-26-7-5-25(6-8-26)10-13-1-4-16-17(9-13)29-12-28-16/h1-4,9H,5-8,10-12H2,(H,24,27). The van der Waals surface area contributed by atoms with E-state index in [9.17, 15) is 18.0 Å². The van der Waals surface area contributed by atoms with Gasteiger partial charge in [0.15, 0.2) is 29.0 Å². The SMILES string of the molecule is O=C(CN1CCN(Cc2ccc3c(c2)OCO3)CC1)Nc1ccc(F)c(F)c1F. The van der Waals surface area contributed by atoms with Crippen molar-refractivity contribution in [1.29, 1.82) is 0 Å². The van der Waals surface area contributed by atoms with Crippen molar-refractivity contribution in [3.05, 3.63) is 53.3 Å². The van der Waals surface area contributed by atoms with E-state index in [-0.39, 0.29) is 19.0 Å². The van der Waals surface area contributed by atoms with Crippen molar-refractivity contribution in [3.8, 4) is 11.5 Å². The monoisotopic (exact) mass is 407 g/mol. The van der Waals surface area contributed by atoms with Crippen LogP contribution in [0.4, 0.5) is 18.9 Å². The molecule has 29 heavy (non-hydrogen) atoms. The average molecular weight is 407 g/mol. The highest BCUT2D eigenvalue weighted by atomic mass is 19.2. The molecule has 2 aliphatic rings. The number of nitrogens with zero attached hydrogens (tertiary/aromatic N) is 2. The average Bonchev–Trinajstić information content (AvgIpc) is 3.18. The van der Waals surface area contributed by atoms with Crippen LogP contribution < -0.4 is 14.8 Å². The van der Waals surface area contributed by atoms with Crippen LogP contribution >= 0.6 is 0 Å².